The minimum atomic E-state index is -1.61. The number of ether oxygens (including phenoxy) is 5. The van der Waals surface area contributed by atoms with E-state index in [1.807, 2.05) is 6.92 Å². The van der Waals surface area contributed by atoms with Gasteiger partial charge in [-0.05, 0) is 24.6 Å². The Labute approximate surface area is 162 Å². The Bertz CT molecular complexity index is 941. The predicted octanol–water partition coefficient (Wildman–Crippen LogP) is 1.29. The van der Waals surface area contributed by atoms with Gasteiger partial charge in [0.25, 0.3) is 5.91 Å². The van der Waals surface area contributed by atoms with Crippen LogP contribution in [0.4, 0.5) is 0 Å². The van der Waals surface area contributed by atoms with Crippen LogP contribution in [0.15, 0.2) is 17.1 Å². The maximum atomic E-state index is 10.2. The first-order valence-corrected chi connectivity index (χ1v) is 8.71. The van der Waals surface area contributed by atoms with E-state index in [-0.39, 0.29) is 18.5 Å². The molecule has 0 unspecified atom stereocenters. The smallest absolute Gasteiger partial charge is 0.293 e. The summed E-state index contributed by atoms with van der Waals surface area (Å²) in [5, 5.41) is 20.3. The first-order chi connectivity index (χ1) is 13.4. The van der Waals surface area contributed by atoms with E-state index >= 15 is 0 Å². The summed E-state index contributed by atoms with van der Waals surface area (Å²) in [6, 6.07) is 7.91. The van der Waals surface area contributed by atoms with Gasteiger partial charge in [0.15, 0.2) is 16.9 Å². The predicted molar refractivity (Wildman–Crippen MR) is 95.8 cm³/mol. The summed E-state index contributed by atoms with van der Waals surface area (Å²) in [6.07, 6.45) is -0.280. The van der Waals surface area contributed by atoms with Crippen LogP contribution in [0.5, 0.6) is 17.2 Å². The molecule has 2 fully saturated rings. The van der Waals surface area contributed by atoms with Gasteiger partial charge >= 0.3 is 0 Å². The second kappa shape index (κ2) is 5.74. The number of aliphatic imine (C=N–C) groups is 1. The molecule has 5 atom stereocenters. The molecule has 1 saturated carbocycles. The Hall–Kier alpha value is -3.01. The third kappa shape index (κ3) is 1.78. The number of nitriles is 2. The molecule has 9 nitrogen and oxygen atoms in total. The summed E-state index contributed by atoms with van der Waals surface area (Å²) >= 11 is 0. The molecular formula is C19H20N4O5. The van der Waals surface area contributed by atoms with Crippen molar-refractivity contribution in [2.24, 2.45) is 21.6 Å². The zero-order valence-corrected chi connectivity index (χ0v) is 16.0. The average molecular weight is 384 g/mol. The fourth-order valence-corrected chi connectivity index (χ4v) is 4.63. The molecule has 1 spiro atoms. The fourth-order valence-electron chi connectivity index (χ4n) is 4.63. The van der Waals surface area contributed by atoms with Gasteiger partial charge < -0.3 is 29.4 Å². The SMILES string of the molecule is COc1cc([C@H]2[C@@]3(C#N)[C@@]4(N=C(N)[C@@]23C#N)OC[C@@H](C)O4)cc(OC)c1OC. The highest BCUT2D eigenvalue weighted by molar-refractivity contribution is 6.00. The molecule has 0 aromatic heterocycles. The van der Waals surface area contributed by atoms with Crippen LogP contribution < -0.4 is 19.9 Å². The largest absolute Gasteiger partial charge is 0.493 e. The van der Waals surface area contributed by atoms with Gasteiger partial charge in [-0.25, -0.2) is 4.99 Å². The van der Waals surface area contributed by atoms with Gasteiger partial charge in [-0.2, -0.15) is 10.5 Å². The number of methoxy groups -OCH3 is 3. The molecule has 1 aromatic carbocycles. The molecule has 1 aromatic rings. The van der Waals surface area contributed by atoms with E-state index in [9.17, 15) is 10.5 Å². The van der Waals surface area contributed by atoms with E-state index in [4.69, 9.17) is 29.4 Å². The average Bonchev–Trinajstić information content (AvgIpc) is 3.10. The number of benzene rings is 1. The topological polar surface area (TPSA) is 132 Å². The van der Waals surface area contributed by atoms with Gasteiger partial charge in [-0.3, -0.25) is 0 Å². The van der Waals surface area contributed by atoms with Gasteiger partial charge in [0.05, 0.1) is 46.2 Å². The van der Waals surface area contributed by atoms with Crippen LogP contribution in [0.3, 0.4) is 0 Å². The Kier molecular flexibility index (Phi) is 3.76. The molecule has 1 aliphatic carbocycles. The summed E-state index contributed by atoms with van der Waals surface area (Å²) in [6.45, 7) is 2.07. The van der Waals surface area contributed by atoms with Crippen LogP contribution in [-0.4, -0.2) is 45.8 Å². The molecular weight excluding hydrogens is 364 g/mol. The van der Waals surface area contributed by atoms with Crippen molar-refractivity contribution in [3.63, 3.8) is 0 Å². The van der Waals surface area contributed by atoms with Crippen molar-refractivity contribution in [1.29, 1.82) is 10.5 Å². The van der Waals surface area contributed by atoms with Gasteiger partial charge in [-0.15, -0.1) is 0 Å². The number of hydrogen-bond donors (Lipinski definition) is 1. The van der Waals surface area contributed by atoms with Crippen molar-refractivity contribution in [1.82, 2.24) is 0 Å². The van der Waals surface area contributed by atoms with Crippen LogP contribution >= 0.6 is 0 Å². The molecule has 3 aliphatic rings. The summed E-state index contributed by atoms with van der Waals surface area (Å²) < 4.78 is 27.9. The van der Waals surface area contributed by atoms with Crippen LogP contribution in [0, 0.1) is 33.5 Å². The van der Waals surface area contributed by atoms with Crippen LogP contribution in [-0.2, 0) is 9.47 Å². The van der Waals surface area contributed by atoms with Gasteiger partial charge in [-0.1, -0.05) is 0 Å². The van der Waals surface area contributed by atoms with E-state index in [2.05, 4.69) is 17.1 Å². The van der Waals surface area contributed by atoms with Gasteiger partial charge in [0.2, 0.25) is 5.75 Å². The van der Waals surface area contributed by atoms with E-state index in [1.54, 1.807) is 12.1 Å². The number of nitrogens with two attached hydrogens (primary N) is 1. The summed E-state index contributed by atoms with van der Waals surface area (Å²) in [5.74, 6) is -0.972. The molecule has 9 heteroatoms. The van der Waals surface area contributed by atoms with Crippen molar-refractivity contribution in [2.75, 3.05) is 27.9 Å². The molecule has 1 saturated heterocycles. The quantitative estimate of drug-likeness (QED) is 0.821. The second-order valence-electron chi connectivity index (χ2n) is 7.05. The van der Waals surface area contributed by atoms with Crippen molar-refractivity contribution in [3.8, 4) is 29.4 Å². The Morgan fingerprint density at radius 2 is 1.79 bits per heavy atom. The Morgan fingerprint density at radius 3 is 2.21 bits per heavy atom. The number of fused-ring (bicyclic) bond motifs is 2. The minimum Gasteiger partial charge on any atom is -0.493 e. The minimum absolute atomic E-state index is 0.0319. The lowest BCUT2D eigenvalue weighted by Gasteiger charge is -2.26. The zero-order valence-electron chi connectivity index (χ0n) is 16.0. The lowest BCUT2D eigenvalue weighted by atomic mass is 9.93. The Balaban J connectivity index is 1.92. The van der Waals surface area contributed by atoms with Crippen LogP contribution in [0.1, 0.15) is 18.4 Å². The van der Waals surface area contributed by atoms with Crippen molar-refractivity contribution in [3.05, 3.63) is 17.7 Å². The summed E-state index contributed by atoms with van der Waals surface area (Å²) in [4.78, 5) is 4.30. The molecule has 146 valence electrons. The van der Waals surface area contributed by atoms with E-state index in [0.29, 0.717) is 22.8 Å². The number of rotatable bonds is 4. The maximum Gasteiger partial charge on any atom is 0.293 e. The van der Waals surface area contributed by atoms with Crippen molar-refractivity contribution in [2.45, 2.75) is 24.9 Å². The van der Waals surface area contributed by atoms with Gasteiger partial charge in [0.1, 0.15) is 11.3 Å². The molecule has 0 bridgehead atoms. The number of amidine groups is 1. The first-order valence-electron chi connectivity index (χ1n) is 8.71. The highest BCUT2D eigenvalue weighted by Gasteiger charge is 2.94. The van der Waals surface area contributed by atoms with Crippen molar-refractivity contribution < 1.29 is 23.7 Å². The molecule has 2 aliphatic heterocycles. The Morgan fingerprint density at radius 1 is 1.14 bits per heavy atom. The number of nitrogens with zero attached hydrogens (tertiary/aromatic N) is 3. The van der Waals surface area contributed by atoms with E-state index in [0.717, 1.165) is 0 Å². The fraction of sp³-hybridized carbons (Fsp3) is 0.526. The highest BCUT2D eigenvalue weighted by atomic mass is 16.8. The molecule has 2 heterocycles. The van der Waals surface area contributed by atoms with E-state index < -0.39 is 22.7 Å². The highest BCUT2D eigenvalue weighted by Crippen LogP contribution is 2.82. The van der Waals surface area contributed by atoms with Gasteiger partial charge in [0, 0.05) is 5.92 Å². The standard InChI is InChI=1S/C19H20N4O5/c1-10-7-27-19(28-10)18(9-21)15(17(18,8-20)16(22)23-19)11-5-12(24-2)14(26-4)13(6-11)25-3/h5-6,10,15H,7H2,1-4H3,(H2,22,23)/t10-,15-,17-,18-,19-/m1/s1. The first kappa shape index (κ1) is 18.4. The zero-order chi connectivity index (χ0) is 20.3. The summed E-state index contributed by atoms with van der Waals surface area (Å²) in [7, 11) is 4.49. The molecule has 2 N–H and O–H groups in total. The summed E-state index contributed by atoms with van der Waals surface area (Å²) in [5.41, 5.74) is 4.03. The second-order valence-corrected chi connectivity index (χ2v) is 7.05. The molecule has 0 radical (unpaired) electrons. The number of hydrogen-bond acceptors (Lipinski definition) is 9. The molecule has 4 rings (SSSR count). The third-order valence-corrected chi connectivity index (χ3v) is 5.82. The normalized spacial score (nSPS) is 37.6. The lowest BCUT2D eigenvalue weighted by molar-refractivity contribution is -0.193. The molecule has 28 heavy (non-hydrogen) atoms. The maximum absolute atomic E-state index is 10.2. The molecule has 0 amide bonds. The van der Waals surface area contributed by atoms with Crippen molar-refractivity contribution >= 4 is 5.84 Å². The van der Waals surface area contributed by atoms with Crippen LogP contribution in [0.2, 0.25) is 0 Å². The van der Waals surface area contributed by atoms with Crippen LogP contribution in [0.25, 0.3) is 0 Å². The lowest BCUT2D eigenvalue weighted by Crippen LogP contribution is -2.39. The third-order valence-electron chi connectivity index (χ3n) is 5.82. The van der Waals surface area contributed by atoms with E-state index in [1.165, 1.54) is 21.3 Å². The monoisotopic (exact) mass is 384 g/mol.